The quantitative estimate of drug-likeness (QED) is 0.386. The van der Waals surface area contributed by atoms with Crippen molar-refractivity contribution in [2.24, 2.45) is 11.8 Å². The average molecular weight is 421 g/mol. The normalized spacial score (nSPS) is 24.3. The standard InChI is InChI=1S/C30H28O2/c31-29(23-17-9-3-10-18-23)27-25(21-13-5-1-6-14-21)28(26(27)22-15-7-2-8-16-22)30(32)24-19-11-4-12-20-24/h1-20,25-32H/t25?,26?,27?,28?,29-,30-/m0/s1. The van der Waals surface area contributed by atoms with Crippen LogP contribution in [-0.2, 0) is 0 Å². The SMILES string of the molecule is O[C@@H](c1ccccc1)C1C(c2ccccc2)C([C@@H](O)c2ccccc2)C1c1ccccc1. The largest absolute Gasteiger partial charge is 0.388 e. The van der Waals surface area contributed by atoms with Crippen molar-refractivity contribution in [3.8, 4) is 0 Å². The molecule has 0 saturated heterocycles. The molecule has 4 aromatic rings. The summed E-state index contributed by atoms with van der Waals surface area (Å²) in [5, 5.41) is 23.2. The third-order valence-corrected chi connectivity index (χ3v) is 7.04. The fourth-order valence-corrected chi connectivity index (χ4v) is 5.58. The smallest absolute Gasteiger partial charge is 0.0830 e. The maximum absolute atomic E-state index is 11.6. The van der Waals surface area contributed by atoms with Gasteiger partial charge in [-0.05, 0) is 34.1 Å². The van der Waals surface area contributed by atoms with Crippen molar-refractivity contribution in [2.45, 2.75) is 24.0 Å². The Morgan fingerprint density at radius 2 is 0.688 bits per heavy atom. The molecule has 160 valence electrons. The minimum absolute atomic E-state index is 0.0341. The lowest BCUT2D eigenvalue weighted by Gasteiger charge is -2.56. The molecule has 2 heteroatoms. The zero-order valence-corrected chi connectivity index (χ0v) is 17.9. The summed E-state index contributed by atoms with van der Waals surface area (Å²) in [7, 11) is 0. The van der Waals surface area contributed by atoms with E-state index in [4.69, 9.17) is 0 Å². The highest BCUT2D eigenvalue weighted by atomic mass is 16.3. The molecule has 5 rings (SSSR count). The van der Waals surface area contributed by atoms with Gasteiger partial charge >= 0.3 is 0 Å². The highest BCUT2D eigenvalue weighted by molar-refractivity contribution is 5.38. The minimum atomic E-state index is -0.620. The van der Waals surface area contributed by atoms with Gasteiger partial charge in [0.25, 0.3) is 0 Å². The maximum Gasteiger partial charge on any atom is 0.0830 e. The molecule has 0 aliphatic heterocycles. The van der Waals surface area contributed by atoms with Gasteiger partial charge in [-0.3, -0.25) is 0 Å². The van der Waals surface area contributed by atoms with Crippen molar-refractivity contribution in [2.75, 3.05) is 0 Å². The number of aliphatic hydroxyl groups is 2. The summed E-state index contributed by atoms with van der Waals surface area (Å²) in [4.78, 5) is 0. The average Bonchev–Trinajstić information content (AvgIpc) is 2.86. The number of hydrogen-bond acceptors (Lipinski definition) is 2. The van der Waals surface area contributed by atoms with E-state index in [1.165, 1.54) is 11.1 Å². The summed E-state index contributed by atoms with van der Waals surface area (Å²) < 4.78 is 0. The Labute approximate surface area is 189 Å². The minimum Gasteiger partial charge on any atom is -0.388 e. The van der Waals surface area contributed by atoms with Crippen molar-refractivity contribution in [3.05, 3.63) is 144 Å². The third-order valence-electron chi connectivity index (χ3n) is 7.04. The first-order chi connectivity index (χ1) is 15.8. The van der Waals surface area contributed by atoms with Crippen LogP contribution in [0, 0.1) is 11.8 Å². The fourth-order valence-electron chi connectivity index (χ4n) is 5.58. The Morgan fingerprint density at radius 3 is 1.00 bits per heavy atom. The molecule has 0 heterocycles. The third kappa shape index (κ3) is 3.77. The van der Waals surface area contributed by atoms with Gasteiger partial charge in [-0.2, -0.15) is 0 Å². The zero-order valence-electron chi connectivity index (χ0n) is 17.9. The maximum atomic E-state index is 11.6. The lowest BCUT2D eigenvalue weighted by molar-refractivity contribution is -0.0778. The molecule has 1 aliphatic carbocycles. The molecule has 2 nitrogen and oxygen atoms in total. The van der Waals surface area contributed by atoms with E-state index in [0.717, 1.165) is 11.1 Å². The lowest BCUT2D eigenvalue weighted by atomic mass is 9.48. The van der Waals surface area contributed by atoms with Gasteiger partial charge in [0.2, 0.25) is 0 Å². The molecule has 2 atom stereocenters. The first-order valence-corrected chi connectivity index (χ1v) is 11.3. The van der Waals surface area contributed by atoms with Crippen LogP contribution in [-0.4, -0.2) is 10.2 Å². The van der Waals surface area contributed by atoms with Crippen LogP contribution in [0.2, 0.25) is 0 Å². The van der Waals surface area contributed by atoms with Crippen LogP contribution in [0.25, 0.3) is 0 Å². The van der Waals surface area contributed by atoms with Crippen molar-refractivity contribution in [3.63, 3.8) is 0 Å². The summed E-state index contributed by atoms with van der Waals surface area (Å²) in [6.07, 6.45) is -1.24. The molecule has 1 saturated carbocycles. The number of hydrogen-bond donors (Lipinski definition) is 2. The second kappa shape index (κ2) is 9.12. The number of benzene rings is 4. The molecular weight excluding hydrogens is 392 g/mol. The van der Waals surface area contributed by atoms with E-state index >= 15 is 0 Å². The molecule has 0 spiro atoms. The van der Waals surface area contributed by atoms with E-state index in [1.54, 1.807) is 0 Å². The predicted molar refractivity (Wildman–Crippen MR) is 128 cm³/mol. The van der Waals surface area contributed by atoms with E-state index in [1.807, 2.05) is 97.1 Å². The first-order valence-electron chi connectivity index (χ1n) is 11.3. The number of rotatable bonds is 6. The van der Waals surface area contributed by atoms with Crippen molar-refractivity contribution in [1.29, 1.82) is 0 Å². The summed E-state index contributed by atoms with van der Waals surface area (Å²) in [6, 6.07) is 40.5. The lowest BCUT2D eigenvalue weighted by Crippen LogP contribution is -2.49. The van der Waals surface area contributed by atoms with E-state index in [2.05, 4.69) is 24.3 Å². The zero-order chi connectivity index (χ0) is 21.9. The highest BCUT2D eigenvalue weighted by Gasteiger charge is 2.57. The van der Waals surface area contributed by atoms with E-state index < -0.39 is 12.2 Å². The topological polar surface area (TPSA) is 40.5 Å². The van der Waals surface area contributed by atoms with Gasteiger partial charge in [0, 0.05) is 11.8 Å². The summed E-state index contributed by atoms with van der Waals surface area (Å²) >= 11 is 0. The van der Waals surface area contributed by atoms with E-state index in [0.29, 0.717) is 0 Å². The van der Waals surface area contributed by atoms with Crippen LogP contribution in [0.4, 0.5) is 0 Å². The van der Waals surface area contributed by atoms with Gasteiger partial charge in [-0.15, -0.1) is 0 Å². The van der Waals surface area contributed by atoms with Crippen LogP contribution in [0.3, 0.4) is 0 Å². The van der Waals surface area contributed by atoms with Gasteiger partial charge in [0.15, 0.2) is 0 Å². The van der Waals surface area contributed by atoms with Crippen LogP contribution in [0.5, 0.6) is 0 Å². The fraction of sp³-hybridized carbons (Fsp3) is 0.200. The molecule has 0 radical (unpaired) electrons. The monoisotopic (exact) mass is 420 g/mol. The van der Waals surface area contributed by atoms with Crippen molar-refractivity contribution >= 4 is 0 Å². The molecular formula is C30H28O2. The van der Waals surface area contributed by atoms with E-state index in [9.17, 15) is 10.2 Å². The van der Waals surface area contributed by atoms with Gasteiger partial charge in [0.1, 0.15) is 0 Å². The molecule has 1 aliphatic rings. The first kappa shape index (κ1) is 20.7. The Kier molecular flexibility index (Phi) is 5.89. The summed E-state index contributed by atoms with van der Waals surface area (Å²) in [5.74, 6) is -0.00485. The highest BCUT2D eigenvalue weighted by Crippen LogP contribution is 2.64. The van der Waals surface area contributed by atoms with Gasteiger partial charge in [-0.25, -0.2) is 0 Å². The Morgan fingerprint density at radius 1 is 0.406 bits per heavy atom. The predicted octanol–water partition coefficient (Wildman–Crippen LogP) is 6.27. The van der Waals surface area contributed by atoms with Crippen molar-refractivity contribution < 1.29 is 10.2 Å². The van der Waals surface area contributed by atoms with Crippen molar-refractivity contribution in [1.82, 2.24) is 0 Å². The number of aliphatic hydroxyl groups excluding tert-OH is 2. The molecule has 4 aromatic carbocycles. The van der Waals surface area contributed by atoms with Gasteiger partial charge in [0.05, 0.1) is 12.2 Å². The van der Waals surface area contributed by atoms with Crippen LogP contribution < -0.4 is 0 Å². The van der Waals surface area contributed by atoms with Crippen LogP contribution in [0.15, 0.2) is 121 Å². The summed E-state index contributed by atoms with van der Waals surface area (Å²) in [5.41, 5.74) is 4.18. The molecule has 32 heavy (non-hydrogen) atoms. The van der Waals surface area contributed by atoms with Crippen LogP contribution >= 0.6 is 0 Å². The molecule has 2 N–H and O–H groups in total. The Balaban J connectivity index is 1.62. The molecule has 0 bridgehead atoms. The molecule has 0 unspecified atom stereocenters. The van der Waals surface area contributed by atoms with Gasteiger partial charge < -0.3 is 10.2 Å². The molecule has 0 aromatic heterocycles. The van der Waals surface area contributed by atoms with E-state index in [-0.39, 0.29) is 23.7 Å². The van der Waals surface area contributed by atoms with Gasteiger partial charge in [-0.1, -0.05) is 121 Å². The molecule has 1 fully saturated rings. The Bertz CT molecular complexity index is 1010. The second-order valence-electron chi connectivity index (χ2n) is 8.74. The second-order valence-corrected chi connectivity index (χ2v) is 8.74. The van der Waals surface area contributed by atoms with Crippen LogP contribution in [0.1, 0.15) is 46.3 Å². The summed E-state index contributed by atoms with van der Waals surface area (Å²) in [6.45, 7) is 0. The Hall–Kier alpha value is -3.20. The molecule has 0 amide bonds.